The minimum absolute atomic E-state index is 0.0277. The summed E-state index contributed by atoms with van der Waals surface area (Å²) < 4.78 is 0. The lowest BCUT2D eigenvalue weighted by atomic mass is 9.96. The fraction of sp³-hybridized carbons (Fsp3) is 0.600. The van der Waals surface area contributed by atoms with E-state index in [4.69, 9.17) is 5.73 Å². The van der Waals surface area contributed by atoms with Gasteiger partial charge in [-0.25, -0.2) is 4.98 Å². The van der Waals surface area contributed by atoms with Crippen LogP contribution < -0.4 is 16.0 Å². The van der Waals surface area contributed by atoms with Crippen LogP contribution in [0.2, 0.25) is 0 Å². The van der Waals surface area contributed by atoms with Gasteiger partial charge in [0.05, 0.1) is 0 Å². The number of pyridine rings is 1. The minimum Gasteiger partial charge on any atom is -0.357 e. The Balaban J connectivity index is 1.85. The Morgan fingerprint density at radius 3 is 2.70 bits per heavy atom. The molecular formula is C15H24N4O. The smallest absolute Gasteiger partial charge is 0.216 e. The summed E-state index contributed by atoms with van der Waals surface area (Å²) in [7, 11) is 0. The summed E-state index contributed by atoms with van der Waals surface area (Å²) in [5.74, 6) is 1.66. The maximum absolute atomic E-state index is 10.9. The molecule has 0 spiro atoms. The standard InChI is InChI=1S/C15H24N4O/c1-11(16)14-3-4-15(18-10-14)19-7-5-13(6-8-19)9-17-12(2)20/h3-4,10-11,13H,5-9,16H2,1-2H3,(H,17,20). The van der Waals surface area contributed by atoms with Crippen LogP contribution in [0.15, 0.2) is 18.3 Å². The molecule has 5 nitrogen and oxygen atoms in total. The van der Waals surface area contributed by atoms with Crippen LogP contribution in [0.5, 0.6) is 0 Å². The van der Waals surface area contributed by atoms with Crippen LogP contribution in [0.3, 0.4) is 0 Å². The Hall–Kier alpha value is -1.62. The summed E-state index contributed by atoms with van der Waals surface area (Å²) in [5.41, 5.74) is 6.89. The van der Waals surface area contributed by atoms with Gasteiger partial charge >= 0.3 is 0 Å². The summed E-state index contributed by atoms with van der Waals surface area (Å²) in [6.07, 6.45) is 4.05. The van der Waals surface area contributed by atoms with Crippen molar-refractivity contribution in [2.45, 2.75) is 32.7 Å². The highest BCUT2D eigenvalue weighted by Gasteiger charge is 2.20. The topological polar surface area (TPSA) is 71.2 Å². The molecule has 1 fully saturated rings. The van der Waals surface area contributed by atoms with Crippen LogP contribution in [-0.4, -0.2) is 30.5 Å². The molecule has 1 unspecified atom stereocenters. The highest BCUT2D eigenvalue weighted by molar-refractivity contribution is 5.72. The number of anilines is 1. The number of rotatable bonds is 4. The summed E-state index contributed by atoms with van der Waals surface area (Å²) in [6, 6.07) is 4.13. The van der Waals surface area contributed by atoms with Gasteiger partial charge in [-0.15, -0.1) is 0 Å². The van der Waals surface area contributed by atoms with Crippen LogP contribution in [-0.2, 0) is 4.79 Å². The molecule has 1 atom stereocenters. The maximum Gasteiger partial charge on any atom is 0.216 e. The second-order valence-corrected chi connectivity index (χ2v) is 5.61. The van der Waals surface area contributed by atoms with E-state index in [9.17, 15) is 4.79 Å². The quantitative estimate of drug-likeness (QED) is 0.873. The van der Waals surface area contributed by atoms with Gasteiger partial charge in [0, 0.05) is 38.8 Å². The third kappa shape index (κ3) is 3.93. The van der Waals surface area contributed by atoms with Gasteiger partial charge in [-0.3, -0.25) is 4.79 Å². The molecule has 1 aromatic heterocycles. The lowest BCUT2D eigenvalue weighted by molar-refractivity contribution is -0.119. The zero-order valence-electron chi connectivity index (χ0n) is 12.3. The van der Waals surface area contributed by atoms with E-state index in [1.54, 1.807) is 6.92 Å². The second-order valence-electron chi connectivity index (χ2n) is 5.61. The lowest BCUT2D eigenvalue weighted by Gasteiger charge is -2.32. The van der Waals surface area contributed by atoms with Gasteiger partial charge in [0.1, 0.15) is 5.82 Å². The number of amides is 1. The molecule has 0 radical (unpaired) electrons. The fourth-order valence-electron chi connectivity index (χ4n) is 2.51. The molecule has 0 bridgehead atoms. The second kappa shape index (κ2) is 6.70. The number of piperidine rings is 1. The molecule has 0 aliphatic carbocycles. The lowest BCUT2D eigenvalue weighted by Crippen LogP contribution is -2.38. The number of nitrogens with zero attached hydrogens (tertiary/aromatic N) is 2. The Morgan fingerprint density at radius 1 is 1.50 bits per heavy atom. The number of carbonyl (C=O) groups excluding carboxylic acids is 1. The summed E-state index contributed by atoms with van der Waals surface area (Å²) in [4.78, 5) is 17.7. The van der Waals surface area contributed by atoms with Crippen molar-refractivity contribution in [1.82, 2.24) is 10.3 Å². The van der Waals surface area contributed by atoms with E-state index >= 15 is 0 Å². The number of nitrogens with two attached hydrogens (primary N) is 1. The molecule has 0 saturated carbocycles. The molecule has 5 heteroatoms. The maximum atomic E-state index is 10.9. The van der Waals surface area contributed by atoms with Gasteiger partial charge in [-0.2, -0.15) is 0 Å². The van der Waals surface area contributed by atoms with Crippen molar-refractivity contribution < 1.29 is 4.79 Å². The predicted molar refractivity (Wildman–Crippen MR) is 80.5 cm³/mol. The highest BCUT2D eigenvalue weighted by atomic mass is 16.1. The third-order valence-electron chi connectivity index (χ3n) is 3.87. The highest BCUT2D eigenvalue weighted by Crippen LogP contribution is 2.22. The number of aromatic nitrogens is 1. The Bertz CT molecular complexity index is 436. The zero-order chi connectivity index (χ0) is 14.5. The molecule has 3 N–H and O–H groups in total. The van der Waals surface area contributed by atoms with Gasteiger partial charge in [0.2, 0.25) is 5.91 Å². The Labute approximate surface area is 120 Å². The Morgan fingerprint density at radius 2 is 2.20 bits per heavy atom. The molecule has 2 rings (SSSR count). The van der Waals surface area contributed by atoms with E-state index in [1.165, 1.54) is 0 Å². The molecule has 1 amide bonds. The predicted octanol–water partition coefficient (Wildman–Crippen LogP) is 1.45. The van der Waals surface area contributed by atoms with E-state index in [0.29, 0.717) is 5.92 Å². The van der Waals surface area contributed by atoms with Crippen LogP contribution in [0.1, 0.15) is 38.3 Å². The first-order chi connectivity index (χ1) is 9.56. The first-order valence-corrected chi connectivity index (χ1v) is 7.27. The SMILES string of the molecule is CC(=O)NCC1CCN(c2ccc(C(C)N)cn2)CC1. The van der Waals surface area contributed by atoms with Crippen LogP contribution >= 0.6 is 0 Å². The molecule has 2 heterocycles. The summed E-state index contributed by atoms with van der Waals surface area (Å²) in [5, 5.41) is 2.90. The van der Waals surface area contributed by atoms with Crippen LogP contribution in [0.4, 0.5) is 5.82 Å². The van der Waals surface area contributed by atoms with Gasteiger partial charge in [0.25, 0.3) is 0 Å². The third-order valence-corrected chi connectivity index (χ3v) is 3.87. The molecule has 1 aliphatic rings. The van der Waals surface area contributed by atoms with Gasteiger partial charge < -0.3 is 16.0 Å². The van der Waals surface area contributed by atoms with Crippen molar-refractivity contribution in [3.05, 3.63) is 23.9 Å². The van der Waals surface area contributed by atoms with Crippen molar-refractivity contribution in [2.75, 3.05) is 24.5 Å². The van der Waals surface area contributed by atoms with Crippen LogP contribution in [0.25, 0.3) is 0 Å². The number of hydrogen-bond acceptors (Lipinski definition) is 4. The average molecular weight is 276 g/mol. The van der Waals surface area contributed by atoms with Gasteiger partial charge in [0.15, 0.2) is 0 Å². The van der Waals surface area contributed by atoms with Crippen molar-refractivity contribution in [2.24, 2.45) is 11.7 Å². The molecular weight excluding hydrogens is 252 g/mol. The van der Waals surface area contributed by atoms with E-state index in [1.807, 2.05) is 19.2 Å². The van der Waals surface area contributed by atoms with Crippen LogP contribution in [0, 0.1) is 5.92 Å². The summed E-state index contributed by atoms with van der Waals surface area (Å²) >= 11 is 0. The summed E-state index contributed by atoms with van der Waals surface area (Å²) in [6.45, 7) is 6.31. The number of nitrogens with one attached hydrogen (secondary N) is 1. The van der Waals surface area contributed by atoms with E-state index in [2.05, 4.69) is 21.3 Å². The number of carbonyl (C=O) groups is 1. The van der Waals surface area contributed by atoms with E-state index < -0.39 is 0 Å². The van der Waals surface area contributed by atoms with Crippen molar-refractivity contribution in [1.29, 1.82) is 0 Å². The largest absolute Gasteiger partial charge is 0.357 e. The van der Waals surface area contributed by atoms with Gasteiger partial charge in [-0.05, 0) is 37.3 Å². The molecule has 110 valence electrons. The molecule has 1 aromatic rings. The normalized spacial score (nSPS) is 17.9. The minimum atomic E-state index is 0.0277. The molecule has 1 saturated heterocycles. The number of hydrogen-bond donors (Lipinski definition) is 2. The fourth-order valence-corrected chi connectivity index (χ4v) is 2.51. The van der Waals surface area contributed by atoms with Crippen molar-refractivity contribution >= 4 is 11.7 Å². The molecule has 20 heavy (non-hydrogen) atoms. The van der Waals surface area contributed by atoms with E-state index in [-0.39, 0.29) is 11.9 Å². The first kappa shape index (κ1) is 14.8. The van der Waals surface area contributed by atoms with Crippen molar-refractivity contribution in [3.8, 4) is 0 Å². The molecule has 1 aliphatic heterocycles. The first-order valence-electron chi connectivity index (χ1n) is 7.27. The average Bonchev–Trinajstić information content (AvgIpc) is 2.46. The zero-order valence-corrected chi connectivity index (χ0v) is 12.3. The monoisotopic (exact) mass is 276 g/mol. The Kier molecular flexibility index (Phi) is 4.95. The van der Waals surface area contributed by atoms with Gasteiger partial charge in [-0.1, -0.05) is 6.07 Å². The molecule has 0 aromatic carbocycles. The van der Waals surface area contributed by atoms with E-state index in [0.717, 1.165) is 43.9 Å². The van der Waals surface area contributed by atoms with Crippen molar-refractivity contribution in [3.63, 3.8) is 0 Å².